The van der Waals surface area contributed by atoms with E-state index in [2.05, 4.69) is 29.0 Å². The maximum atomic E-state index is 12.9. The predicted molar refractivity (Wildman–Crippen MR) is 143 cm³/mol. The van der Waals surface area contributed by atoms with E-state index in [4.69, 9.17) is 15.5 Å². The van der Waals surface area contributed by atoms with Gasteiger partial charge < -0.3 is 15.4 Å². The molecule has 1 unspecified atom stereocenters. The van der Waals surface area contributed by atoms with E-state index in [1.807, 2.05) is 64.9 Å². The summed E-state index contributed by atoms with van der Waals surface area (Å²) in [5, 5.41) is 0. The van der Waals surface area contributed by atoms with Crippen LogP contribution in [0.15, 0.2) is 67.0 Å². The maximum Gasteiger partial charge on any atom is 0.299 e. The number of nitrogens with two attached hydrogens (primary N) is 1. The summed E-state index contributed by atoms with van der Waals surface area (Å²) >= 11 is 0. The van der Waals surface area contributed by atoms with Gasteiger partial charge in [0.25, 0.3) is 5.91 Å². The van der Waals surface area contributed by atoms with Crippen molar-refractivity contribution >= 4 is 17.2 Å². The molecule has 7 heteroatoms. The Morgan fingerprint density at radius 3 is 2.65 bits per heavy atom. The van der Waals surface area contributed by atoms with Gasteiger partial charge in [0.2, 0.25) is 0 Å². The summed E-state index contributed by atoms with van der Waals surface area (Å²) in [6.07, 6.45) is 7.42. The number of aromatic nitrogens is 3. The van der Waals surface area contributed by atoms with Gasteiger partial charge in [0.05, 0.1) is 6.04 Å². The number of fused-ring (bicyclic) bond motifs is 1. The number of hydrogen-bond donors (Lipinski definition) is 1. The second kappa shape index (κ2) is 9.62. The molecule has 6 rings (SSSR count). The maximum absolute atomic E-state index is 12.9. The number of amides is 1. The van der Waals surface area contributed by atoms with Crippen molar-refractivity contribution in [3.63, 3.8) is 0 Å². The highest BCUT2D eigenvalue weighted by atomic mass is 16.5. The van der Waals surface area contributed by atoms with Crippen molar-refractivity contribution in [1.82, 2.24) is 19.3 Å². The fourth-order valence-electron chi connectivity index (χ4n) is 4.95. The number of nitrogens with zero attached hydrogens (tertiary/aromatic N) is 4. The zero-order chi connectivity index (χ0) is 25.4. The largest absolute Gasteiger partial charge is 0.486 e. The van der Waals surface area contributed by atoms with Gasteiger partial charge in [-0.05, 0) is 68.4 Å². The molecule has 2 N–H and O–H groups in total. The number of hydrogen-bond acceptors (Lipinski definition) is 5. The Kier molecular flexibility index (Phi) is 6.01. The molecule has 4 aromatic rings. The van der Waals surface area contributed by atoms with Crippen LogP contribution in [0, 0.1) is 17.8 Å². The average molecular weight is 492 g/mol. The SMILES string of the molecule is CC(Oc1ccc(-c2nc([C@@H]3CCCN3C(=O)C#CC3CC3)n3ccnc(N)c23)cc1)c1ccccc1. The molecular weight excluding hydrogens is 462 g/mol. The summed E-state index contributed by atoms with van der Waals surface area (Å²) in [7, 11) is 0. The fraction of sp³-hybridized carbons (Fsp3) is 0.300. The number of benzene rings is 2. The van der Waals surface area contributed by atoms with Crippen LogP contribution in [0.5, 0.6) is 5.75 Å². The lowest BCUT2D eigenvalue weighted by molar-refractivity contribution is -0.126. The molecule has 2 aliphatic rings. The van der Waals surface area contributed by atoms with Crippen LogP contribution in [0.1, 0.15) is 56.1 Å². The van der Waals surface area contributed by atoms with Crippen molar-refractivity contribution < 1.29 is 9.53 Å². The van der Waals surface area contributed by atoms with Crippen molar-refractivity contribution in [3.8, 4) is 28.8 Å². The first-order chi connectivity index (χ1) is 18.1. The van der Waals surface area contributed by atoms with Gasteiger partial charge in [-0.15, -0.1) is 0 Å². The molecule has 186 valence electrons. The topological polar surface area (TPSA) is 85.8 Å². The first-order valence-corrected chi connectivity index (χ1v) is 12.8. The molecule has 1 aliphatic carbocycles. The highest BCUT2D eigenvalue weighted by Crippen LogP contribution is 2.37. The Morgan fingerprint density at radius 2 is 1.89 bits per heavy atom. The number of imidazole rings is 1. The quantitative estimate of drug-likeness (QED) is 0.388. The molecule has 1 saturated carbocycles. The molecule has 2 aromatic carbocycles. The van der Waals surface area contributed by atoms with Crippen LogP contribution < -0.4 is 10.5 Å². The molecule has 1 amide bonds. The molecule has 2 fully saturated rings. The van der Waals surface area contributed by atoms with Gasteiger partial charge in [0, 0.05) is 30.4 Å². The van der Waals surface area contributed by atoms with Crippen molar-refractivity contribution in [1.29, 1.82) is 0 Å². The normalized spacial score (nSPS) is 17.9. The molecule has 2 atom stereocenters. The molecule has 1 saturated heterocycles. The number of likely N-dealkylation sites (tertiary alicyclic amines) is 1. The Morgan fingerprint density at radius 1 is 1.11 bits per heavy atom. The Balaban J connectivity index is 1.31. The number of nitrogen functional groups attached to an aromatic ring is 1. The zero-order valence-electron chi connectivity index (χ0n) is 20.8. The van der Waals surface area contributed by atoms with Crippen LogP contribution in [0.2, 0.25) is 0 Å². The molecule has 2 aromatic heterocycles. The van der Waals surface area contributed by atoms with Gasteiger partial charge in [-0.25, -0.2) is 9.97 Å². The summed E-state index contributed by atoms with van der Waals surface area (Å²) in [4.78, 5) is 24.2. The molecule has 1 aliphatic heterocycles. The molecule has 3 heterocycles. The standard InChI is InChI=1S/C30H29N5O2/c1-20(22-6-3-2-4-7-22)37-24-14-12-23(13-15-24)27-28-29(31)32-17-19-35(28)30(33-27)25-8-5-18-34(25)26(36)16-11-21-9-10-21/h2-4,6-7,12-15,17,19-21,25H,5,8-10,18H2,1H3,(H2,31,32)/t20?,25-/m0/s1. The van der Waals surface area contributed by atoms with Gasteiger partial charge in [-0.2, -0.15) is 0 Å². The average Bonchev–Trinajstić information content (AvgIpc) is 3.48. The van der Waals surface area contributed by atoms with Crippen molar-refractivity contribution in [2.45, 2.75) is 44.8 Å². The number of carbonyl (C=O) groups excluding carboxylic acids is 1. The van der Waals surface area contributed by atoms with E-state index in [0.717, 1.165) is 59.6 Å². The van der Waals surface area contributed by atoms with E-state index in [1.165, 1.54) is 0 Å². The van der Waals surface area contributed by atoms with E-state index >= 15 is 0 Å². The molecular formula is C30H29N5O2. The molecule has 7 nitrogen and oxygen atoms in total. The monoisotopic (exact) mass is 491 g/mol. The van der Waals surface area contributed by atoms with Gasteiger partial charge >= 0.3 is 0 Å². The summed E-state index contributed by atoms with van der Waals surface area (Å²) in [5.41, 5.74) is 9.86. The number of ether oxygens (including phenoxy) is 1. The van der Waals surface area contributed by atoms with E-state index in [9.17, 15) is 4.79 Å². The number of anilines is 1. The third-order valence-corrected chi connectivity index (χ3v) is 7.09. The minimum atomic E-state index is -0.154. The second-order valence-electron chi connectivity index (χ2n) is 9.75. The predicted octanol–water partition coefficient (Wildman–Crippen LogP) is 5.20. The minimum absolute atomic E-state index is 0.0687. The van der Waals surface area contributed by atoms with E-state index < -0.39 is 0 Å². The molecule has 0 radical (unpaired) electrons. The summed E-state index contributed by atoms with van der Waals surface area (Å²) in [6, 6.07) is 17.9. The lowest BCUT2D eigenvalue weighted by Crippen LogP contribution is -2.30. The van der Waals surface area contributed by atoms with Crippen LogP contribution in [0.25, 0.3) is 16.8 Å². The fourth-order valence-corrected chi connectivity index (χ4v) is 4.95. The van der Waals surface area contributed by atoms with E-state index in [0.29, 0.717) is 18.3 Å². The van der Waals surface area contributed by atoms with Crippen molar-refractivity contribution in [3.05, 3.63) is 78.4 Å². The summed E-state index contributed by atoms with van der Waals surface area (Å²) in [6.45, 7) is 2.72. The van der Waals surface area contributed by atoms with Crippen LogP contribution in [-0.2, 0) is 4.79 Å². The smallest absolute Gasteiger partial charge is 0.299 e. The van der Waals surface area contributed by atoms with Crippen LogP contribution in [0.4, 0.5) is 5.82 Å². The third-order valence-electron chi connectivity index (χ3n) is 7.09. The van der Waals surface area contributed by atoms with Crippen LogP contribution in [0.3, 0.4) is 0 Å². The first kappa shape index (κ1) is 23.1. The summed E-state index contributed by atoms with van der Waals surface area (Å²) < 4.78 is 8.13. The lowest BCUT2D eigenvalue weighted by atomic mass is 10.1. The van der Waals surface area contributed by atoms with Crippen molar-refractivity contribution in [2.75, 3.05) is 12.3 Å². The van der Waals surface area contributed by atoms with Crippen LogP contribution in [-0.4, -0.2) is 31.7 Å². The Hall–Kier alpha value is -4.31. The summed E-state index contributed by atoms with van der Waals surface area (Å²) in [5.74, 6) is 8.20. The van der Waals surface area contributed by atoms with Crippen LogP contribution >= 0.6 is 0 Å². The number of rotatable bonds is 5. The lowest BCUT2D eigenvalue weighted by Gasteiger charge is -2.21. The highest BCUT2D eigenvalue weighted by molar-refractivity contribution is 5.94. The third kappa shape index (κ3) is 4.63. The minimum Gasteiger partial charge on any atom is -0.486 e. The molecule has 37 heavy (non-hydrogen) atoms. The second-order valence-corrected chi connectivity index (χ2v) is 9.75. The number of carbonyl (C=O) groups is 1. The Labute approximate surface area is 216 Å². The van der Waals surface area contributed by atoms with E-state index in [-0.39, 0.29) is 18.1 Å². The molecule has 0 bridgehead atoms. The van der Waals surface area contributed by atoms with Gasteiger partial charge in [-0.3, -0.25) is 9.20 Å². The van der Waals surface area contributed by atoms with Crippen molar-refractivity contribution in [2.24, 2.45) is 5.92 Å². The first-order valence-electron chi connectivity index (χ1n) is 12.8. The molecule has 0 spiro atoms. The van der Waals surface area contributed by atoms with Gasteiger partial charge in [0.15, 0.2) is 0 Å². The highest BCUT2D eigenvalue weighted by Gasteiger charge is 2.34. The van der Waals surface area contributed by atoms with Gasteiger partial charge in [0.1, 0.15) is 34.7 Å². The van der Waals surface area contributed by atoms with E-state index in [1.54, 1.807) is 6.20 Å². The Bertz CT molecular complexity index is 1500. The zero-order valence-corrected chi connectivity index (χ0v) is 20.8. The van der Waals surface area contributed by atoms with Gasteiger partial charge in [-0.1, -0.05) is 36.3 Å².